The summed E-state index contributed by atoms with van der Waals surface area (Å²) in [5, 5.41) is 0. The maximum absolute atomic E-state index is 6.00. The van der Waals surface area contributed by atoms with Crippen LogP contribution in [0.15, 0.2) is 48.5 Å². The Kier molecular flexibility index (Phi) is 2.76. The van der Waals surface area contributed by atoms with E-state index in [-0.39, 0.29) is 0 Å². The second-order valence-electron chi connectivity index (χ2n) is 4.18. The number of rotatable bonds is 2. The summed E-state index contributed by atoms with van der Waals surface area (Å²) in [6.07, 6.45) is 0. The highest BCUT2D eigenvalue weighted by Gasteiger charge is 2.08. The molecule has 0 radical (unpaired) electrons. The number of nitrogens with zero attached hydrogens (tertiary/aromatic N) is 2. The van der Waals surface area contributed by atoms with E-state index in [1.54, 1.807) is 7.11 Å². The fourth-order valence-corrected chi connectivity index (χ4v) is 2.00. The SMILES string of the molecule is COc1cccc(-c2nc3ccccc3nc2N)c1. The van der Waals surface area contributed by atoms with Gasteiger partial charge in [0.15, 0.2) is 5.82 Å². The van der Waals surface area contributed by atoms with Crippen LogP contribution in [0.2, 0.25) is 0 Å². The van der Waals surface area contributed by atoms with Crippen molar-refractivity contribution in [2.75, 3.05) is 12.8 Å². The van der Waals surface area contributed by atoms with Crippen LogP contribution in [-0.2, 0) is 0 Å². The third-order valence-corrected chi connectivity index (χ3v) is 2.94. The van der Waals surface area contributed by atoms with E-state index < -0.39 is 0 Å². The van der Waals surface area contributed by atoms with Gasteiger partial charge in [0.05, 0.1) is 18.1 Å². The van der Waals surface area contributed by atoms with E-state index in [0.717, 1.165) is 22.3 Å². The van der Waals surface area contributed by atoms with Crippen LogP contribution >= 0.6 is 0 Å². The van der Waals surface area contributed by atoms with Crippen LogP contribution in [0.5, 0.6) is 5.75 Å². The minimum absolute atomic E-state index is 0.423. The lowest BCUT2D eigenvalue weighted by molar-refractivity contribution is 0.415. The van der Waals surface area contributed by atoms with Crippen molar-refractivity contribution in [3.63, 3.8) is 0 Å². The molecule has 0 amide bonds. The molecule has 0 unspecified atom stereocenters. The smallest absolute Gasteiger partial charge is 0.150 e. The van der Waals surface area contributed by atoms with Crippen LogP contribution in [0.3, 0.4) is 0 Å². The highest BCUT2D eigenvalue weighted by molar-refractivity contribution is 5.82. The number of benzene rings is 2. The van der Waals surface area contributed by atoms with Gasteiger partial charge in [-0.3, -0.25) is 0 Å². The van der Waals surface area contributed by atoms with E-state index in [9.17, 15) is 0 Å². The summed E-state index contributed by atoms with van der Waals surface area (Å²) in [4.78, 5) is 8.96. The predicted molar refractivity (Wildman–Crippen MR) is 75.9 cm³/mol. The first kappa shape index (κ1) is 11.5. The van der Waals surface area contributed by atoms with Crippen LogP contribution in [-0.4, -0.2) is 17.1 Å². The second kappa shape index (κ2) is 4.57. The Bertz CT molecular complexity index is 740. The molecule has 3 aromatic rings. The van der Waals surface area contributed by atoms with Gasteiger partial charge in [0.2, 0.25) is 0 Å². The largest absolute Gasteiger partial charge is 0.497 e. The number of hydrogen-bond acceptors (Lipinski definition) is 4. The maximum Gasteiger partial charge on any atom is 0.150 e. The van der Waals surface area contributed by atoms with Crippen LogP contribution in [0, 0.1) is 0 Å². The number of para-hydroxylation sites is 2. The van der Waals surface area contributed by atoms with Crippen molar-refractivity contribution in [3.05, 3.63) is 48.5 Å². The highest BCUT2D eigenvalue weighted by Crippen LogP contribution is 2.27. The Labute approximate surface area is 110 Å². The van der Waals surface area contributed by atoms with Crippen LogP contribution in [0.25, 0.3) is 22.3 Å². The molecular weight excluding hydrogens is 238 g/mol. The summed E-state index contributed by atoms with van der Waals surface area (Å²) in [6, 6.07) is 15.3. The fraction of sp³-hybridized carbons (Fsp3) is 0.0667. The summed E-state index contributed by atoms with van der Waals surface area (Å²) in [5.41, 5.74) is 9.20. The lowest BCUT2D eigenvalue weighted by atomic mass is 10.1. The lowest BCUT2D eigenvalue weighted by Crippen LogP contribution is -1.98. The van der Waals surface area contributed by atoms with Gasteiger partial charge in [-0.2, -0.15) is 0 Å². The first-order chi connectivity index (χ1) is 9.28. The molecule has 4 nitrogen and oxygen atoms in total. The summed E-state index contributed by atoms with van der Waals surface area (Å²) >= 11 is 0. The van der Waals surface area contributed by atoms with Crippen molar-refractivity contribution in [1.82, 2.24) is 9.97 Å². The monoisotopic (exact) mass is 251 g/mol. The number of aromatic nitrogens is 2. The Morgan fingerprint density at radius 3 is 2.42 bits per heavy atom. The van der Waals surface area contributed by atoms with Crippen molar-refractivity contribution >= 4 is 16.9 Å². The van der Waals surface area contributed by atoms with Crippen molar-refractivity contribution in [3.8, 4) is 17.0 Å². The van der Waals surface area contributed by atoms with Crippen molar-refractivity contribution in [2.24, 2.45) is 0 Å². The van der Waals surface area contributed by atoms with E-state index in [0.29, 0.717) is 11.5 Å². The number of anilines is 1. The molecule has 19 heavy (non-hydrogen) atoms. The molecule has 0 spiro atoms. The van der Waals surface area contributed by atoms with E-state index in [1.165, 1.54) is 0 Å². The van der Waals surface area contributed by atoms with Gasteiger partial charge >= 0.3 is 0 Å². The standard InChI is InChI=1S/C15H13N3O/c1-19-11-6-4-5-10(9-11)14-15(16)18-13-8-3-2-7-12(13)17-14/h2-9H,1H3,(H2,16,18). The summed E-state index contributed by atoms with van der Waals surface area (Å²) in [6.45, 7) is 0. The van der Waals surface area contributed by atoms with E-state index in [1.807, 2.05) is 48.5 Å². The Balaban J connectivity index is 2.20. The van der Waals surface area contributed by atoms with Crippen molar-refractivity contribution < 1.29 is 4.74 Å². The number of nitrogen functional groups attached to an aromatic ring is 1. The molecule has 0 bridgehead atoms. The Morgan fingerprint density at radius 2 is 1.68 bits per heavy atom. The first-order valence-electron chi connectivity index (χ1n) is 5.94. The quantitative estimate of drug-likeness (QED) is 0.760. The number of nitrogens with two attached hydrogens (primary N) is 1. The second-order valence-corrected chi connectivity index (χ2v) is 4.18. The van der Waals surface area contributed by atoms with Crippen LogP contribution in [0.4, 0.5) is 5.82 Å². The molecule has 2 aromatic carbocycles. The molecule has 0 aliphatic heterocycles. The summed E-state index contributed by atoms with van der Waals surface area (Å²) in [5.74, 6) is 1.19. The Morgan fingerprint density at radius 1 is 0.947 bits per heavy atom. The van der Waals surface area contributed by atoms with Crippen LogP contribution < -0.4 is 10.5 Å². The van der Waals surface area contributed by atoms with Gasteiger partial charge in [0, 0.05) is 5.56 Å². The molecule has 0 saturated carbocycles. The van der Waals surface area contributed by atoms with E-state index >= 15 is 0 Å². The molecule has 0 atom stereocenters. The molecule has 1 heterocycles. The van der Waals surface area contributed by atoms with Gasteiger partial charge in [-0.05, 0) is 24.3 Å². The average Bonchev–Trinajstić information content (AvgIpc) is 2.46. The Hall–Kier alpha value is -2.62. The van der Waals surface area contributed by atoms with Crippen LogP contribution in [0.1, 0.15) is 0 Å². The predicted octanol–water partition coefficient (Wildman–Crippen LogP) is 2.89. The van der Waals surface area contributed by atoms with Crippen molar-refractivity contribution in [1.29, 1.82) is 0 Å². The molecule has 2 N–H and O–H groups in total. The minimum atomic E-state index is 0.423. The van der Waals surface area contributed by atoms with Gasteiger partial charge in [-0.15, -0.1) is 0 Å². The average molecular weight is 251 g/mol. The minimum Gasteiger partial charge on any atom is -0.497 e. The third-order valence-electron chi connectivity index (χ3n) is 2.94. The number of ether oxygens (including phenoxy) is 1. The van der Waals surface area contributed by atoms with Crippen molar-refractivity contribution in [2.45, 2.75) is 0 Å². The molecule has 0 saturated heterocycles. The zero-order valence-corrected chi connectivity index (χ0v) is 10.5. The first-order valence-corrected chi connectivity index (χ1v) is 5.94. The van der Waals surface area contributed by atoms with Gasteiger partial charge < -0.3 is 10.5 Å². The highest BCUT2D eigenvalue weighted by atomic mass is 16.5. The molecule has 1 aromatic heterocycles. The third kappa shape index (κ3) is 2.08. The zero-order valence-electron chi connectivity index (χ0n) is 10.5. The van der Waals surface area contributed by atoms with Gasteiger partial charge in [-0.1, -0.05) is 24.3 Å². The molecule has 0 aliphatic rings. The molecule has 3 rings (SSSR count). The molecule has 4 heteroatoms. The number of fused-ring (bicyclic) bond motifs is 1. The number of methoxy groups -OCH3 is 1. The molecule has 0 aliphatic carbocycles. The molecule has 94 valence electrons. The fourth-order valence-electron chi connectivity index (χ4n) is 2.00. The normalized spacial score (nSPS) is 10.6. The van der Waals surface area contributed by atoms with Gasteiger partial charge in [0.25, 0.3) is 0 Å². The summed E-state index contributed by atoms with van der Waals surface area (Å²) < 4.78 is 5.21. The van der Waals surface area contributed by atoms with Gasteiger partial charge in [0.1, 0.15) is 11.4 Å². The number of hydrogen-bond donors (Lipinski definition) is 1. The lowest BCUT2D eigenvalue weighted by Gasteiger charge is -2.07. The topological polar surface area (TPSA) is 61.0 Å². The maximum atomic E-state index is 6.00. The van der Waals surface area contributed by atoms with E-state index in [2.05, 4.69) is 9.97 Å². The molecule has 0 fully saturated rings. The molecular formula is C15H13N3O. The summed E-state index contributed by atoms with van der Waals surface area (Å²) in [7, 11) is 1.63. The van der Waals surface area contributed by atoms with E-state index in [4.69, 9.17) is 10.5 Å². The van der Waals surface area contributed by atoms with Gasteiger partial charge in [-0.25, -0.2) is 9.97 Å². The zero-order chi connectivity index (χ0) is 13.2.